The minimum Gasteiger partial charge on any atom is -0.481 e. The van der Waals surface area contributed by atoms with Gasteiger partial charge in [0.2, 0.25) is 5.91 Å². The van der Waals surface area contributed by atoms with Gasteiger partial charge >= 0.3 is 5.97 Å². The number of carbonyl (C=O) groups is 2. The van der Waals surface area contributed by atoms with Crippen LogP contribution in [0.5, 0.6) is 0 Å². The van der Waals surface area contributed by atoms with Gasteiger partial charge in [0.1, 0.15) is 0 Å². The van der Waals surface area contributed by atoms with Gasteiger partial charge in [-0.2, -0.15) is 0 Å². The van der Waals surface area contributed by atoms with Gasteiger partial charge in [0.15, 0.2) is 0 Å². The van der Waals surface area contributed by atoms with Crippen molar-refractivity contribution >= 4 is 11.9 Å². The average molecular weight is 311 g/mol. The van der Waals surface area contributed by atoms with Crippen LogP contribution in [0.25, 0.3) is 0 Å². The molecule has 4 nitrogen and oxygen atoms in total. The molecule has 0 bridgehead atoms. The number of aliphatic carboxylic acids is 1. The molecule has 0 unspecified atom stereocenters. The Hall–Kier alpha value is -1.06. The third kappa shape index (κ3) is 10.6. The van der Waals surface area contributed by atoms with Gasteiger partial charge in [-0.15, -0.1) is 0 Å². The Bertz CT molecular complexity index is 303. The van der Waals surface area contributed by atoms with Crippen molar-refractivity contribution in [3.05, 3.63) is 0 Å². The second-order valence-electron chi connectivity index (χ2n) is 6.68. The third-order valence-electron chi connectivity index (χ3n) is 4.63. The molecule has 1 fully saturated rings. The summed E-state index contributed by atoms with van der Waals surface area (Å²) >= 11 is 0. The molecule has 128 valence electrons. The summed E-state index contributed by atoms with van der Waals surface area (Å²) in [6, 6.07) is 0. The molecule has 0 heterocycles. The van der Waals surface area contributed by atoms with Crippen LogP contribution in [0.3, 0.4) is 0 Å². The van der Waals surface area contributed by atoms with Gasteiger partial charge in [0, 0.05) is 13.0 Å². The molecule has 0 saturated heterocycles. The Labute approximate surface area is 135 Å². The van der Waals surface area contributed by atoms with Crippen LogP contribution in [0.1, 0.15) is 89.9 Å². The van der Waals surface area contributed by atoms with Crippen molar-refractivity contribution < 1.29 is 14.7 Å². The molecule has 1 rings (SSSR count). The lowest BCUT2D eigenvalue weighted by molar-refractivity contribution is -0.138. The van der Waals surface area contributed by atoms with Gasteiger partial charge in [-0.05, 0) is 18.8 Å². The van der Waals surface area contributed by atoms with E-state index in [0.29, 0.717) is 5.92 Å². The van der Waals surface area contributed by atoms with Crippen LogP contribution in [-0.4, -0.2) is 23.5 Å². The molecule has 0 aromatic heterocycles. The first kappa shape index (κ1) is 19.0. The summed E-state index contributed by atoms with van der Waals surface area (Å²) < 4.78 is 0. The monoisotopic (exact) mass is 311 g/mol. The van der Waals surface area contributed by atoms with Crippen LogP contribution in [0.2, 0.25) is 0 Å². The first-order chi connectivity index (χ1) is 10.7. The molecule has 0 aromatic carbocycles. The van der Waals surface area contributed by atoms with Gasteiger partial charge in [-0.3, -0.25) is 9.59 Å². The molecule has 0 spiro atoms. The Kier molecular flexibility index (Phi) is 10.8. The van der Waals surface area contributed by atoms with Gasteiger partial charge in [-0.1, -0.05) is 64.2 Å². The van der Waals surface area contributed by atoms with Crippen LogP contribution < -0.4 is 5.32 Å². The van der Waals surface area contributed by atoms with E-state index in [1.807, 2.05) is 0 Å². The molecule has 0 radical (unpaired) electrons. The minimum absolute atomic E-state index is 0.0729. The Morgan fingerprint density at radius 1 is 0.773 bits per heavy atom. The van der Waals surface area contributed by atoms with Crippen molar-refractivity contribution in [2.75, 3.05) is 6.54 Å². The van der Waals surface area contributed by atoms with Gasteiger partial charge in [-0.25, -0.2) is 0 Å². The second-order valence-corrected chi connectivity index (χ2v) is 6.68. The highest BCUT2D eigenvalue weighted by Crippen LogP contribution is 2.20. The van der Waals surface area contributed by atoms with E-state index >= 15 is 0 Å². The molecular formula is C18H33NO3. The fraction of sp³-hybridized carbons (Fsp3) is 0.889. The lowest BCUT2D eigenvalue weighted by atomic mass is 9.94. The van der Waals surface area contributed by atoms with Crippen LogP contribution >= 0.6 is 0 Å². The highest BCUT2D eigenvalue weighted by Gasteiger charge is 2.12. The SMILES string of the molecule is O=C(O)CCC(=O)NCC1CCCCCCCCCCCC1. The molecule has 0 aromatic rings. The number of rotatable bonds is 5. The zero-order valence-corrected chi connectivity index (χ0v) is 13.9. The van der Waals surface area contributed by atoms with Crippen LogP contribution in [0, 0.1) is 5.92 Å². The van der Waals surface area contributed by atoms with Crippen molar-refractivity contribution in [2.24, 2.45) is 5.92 Å². The maximum Gasteiger partial charge on any atom is 0.303 e. The van der Waals surface area contributed by atoms with E-state index in [4.69, 9.17) is 5.11 Å². The number of hydrogen-bond acceptors (Lipinski definition) is 2. The number of amides is 1. The summed E-state index contributed by atoms with van der Waals surface area (Å²) in [5.41, 5.74) is 0. The van der Waals surface area contributed by atoms with Crippen LogP contribution in [-0.2, 0) is 9.59 Å². The van der Waals surface area contributed by atoms with Crippen LogP contribution in [0.4, 0.5) is 0 Å². The van der Waals surface area contributed by atoms with Crippen molar-refractivity contribution in [1.29, 1.82) is 0 Å². The average Bonchev–Trinajstić information content (AvgIpc) is 2.52. The normalized spacial score (nSPS) is 19.5. The highest BCUT2D eigenvalue weighted by molar-refractivity contribution is 5.80. The number of hydrogen-bond donors (Lipinski definition) is 2. The van der Waals surface area contributed by atoms with Crippen molar-refractivity contribution in [3.8, 4) is 0 Å². The van der Waals surface area contributed by atoms with Gasteiger partial charge in [0.05, 0.1) is 6.42 Å². The molecule has 0 atom stereocenters. The number of carboxylic acids is 1. The second kappa shape index (κ2) is 12.5. The van der Waals surface area contributed by atoms with Gasteiger partial charge < -0.3 is 10.4 Å². The molecule has 1 saturated carbocycles. The smallest absolute Gasteiger partial charge is 0.303 e. The lowest BCUT2D eigenvalue weighted by Crippen LogP contribution is -2.29. The van der Waals surface area contributed by atoms with E-state index in [-0.39, 0.29) is 18.7 Å². The van der Waals surface area contributed by atoms with E-state index in [1.165, 1.54) is 77.0 Å². The summed E-state index contributed by atoms with van der Waals surface area (Å²) in [5, 5.41) is 11.5. The molecule has 2 N–H and O–H groups in total. The van der Waals surface area contributed by atoms with Crippen LogP contribution in [0.15, 0.2) is 0 Å². The number of carboxylic acid groups (broad SMARTS) is 1. The first-order valence-corrected chi connectivity index (χ1v) is 9.17. The molecule has 1 aliphatic rings. The molecule has 4 heteroatoms. The molecule has 1 amide bonds. The minimum atomic E-state index is -0.905. The van der Waals surface area contributed by atoms with E-state index in [0.717, 1.165) is 6.54 Å². The Balaban J connectivity index is 2.26. The van der Waals surface area contributed by atoms with E-state index < -0.39 is 5.97 Å². The zero-order valence-electron chi connectivity index (χ0n) is 13.9. The summed E-state index contributed by atoms with van der Waals surface area (Å²) in [6.45, 7) is 0.721. The zero-order chi connectivity index (χ0) is 16.0. The summed E-state index contributed by atoms with van der Waals surface area (Å²) in [6.07, 6.45) is 15.8. The quantitative estimate of drug-likeness (QED) is 0.796. The van der Waals surface area contributed by atoms with Crippen molar-refractivity contribution in [1.82, 2.24) is 5.32 Å². The van der Waals surface area contributed by atoms with Gasteiger partial charge in [0.25, 0.3) is 0 Å². The van der Waals surface area contributed by atoms with E-state index in [1.54, 1.807) is 0 Å². The lowest BCUT2D eigenvalue weighted by Gasteiger charge is -2.17. The summed E-state index contributed by atoms with van der Waals surface area (Å²) in [5.74, 6) is -0.461. The molecule has 1 aliphatic carbocycles. The van der Waals surface area contributed by atoms with E-state index in [9.17, 15) is 9.59 Å². The summed E-state index contributed by atoms with van der Waals surface area (Å²) in [7, 11) is 0. The number of carbonyl (C=O) groups excluding carboxylic acids is 1. The fourth-order valence-corrected chi connectivity index (χ4v) is 3.20. The summed E-state index contributed by atoms with van der Waals surface area (Å²) in [4.78, 5) is 22.1. The maximum absolute atomic E-state index is 11.6. The largest absolute Gasteiger partial charge is 0.481 e. The first-order valence-electron chi connectivity index (χ1n) is 9.17. The predicted molar refractivity (Wildman–Crippen MR) is 88.8 cm³/mol. The van der Waals surface area contributed by atoms with Crippen molar-refractivity contribution in [3.63, 3.8) is 0 Å². The molecular weight excluding hydrogens is 278 g/mol. The predicted octanol–water partition coefficient (Wildman–Crippen LogP) is 4.28. The topological polar surface area (TPSA) is 66.4 Å². The molecule has 0 aliphatic heterocycles. The third-order valence-corrected chi connectivity index (χ3v) is 4.63. The Morgan fingerprint density at radius 3 is 1.68 bits per heavy atom. The number of nitrogens with one attached hydrogen (secondary N) is 1. The maximum atomic E-state index is 11.6. The highest BCUT2D eigenvalue weighted by atomic mass is 16.4. The fourth-order valence-electron chi connectivity index (χ4n) is 3.20. The van der Waals surface area contributed by atoms with Crippen molar-refractivity contribution in [2.45, 2.75) is 89.9 Å². The standard InChI is InChI=1S/C18H33NO3/c20-17(13-14-18(21)22)19-15-16-11-9-7-5-3-1-2-4-6-8-10-12-16/h16H,1-15H2,(H,19,20)(H,21,22). The van der Waals surface area contributed by atoms with E-state index in [2.05, 4.69) is 5.32 Å². The Morgan fingerprint density at radius 2 is 1.23 bits per heavy atom. The molecule has 22 heavy (non-hydrogen) atoms.